The van der Waals surface area contributed by atoms with Crippen LogP contribution >= 0.6 is 0 Å². The van der Waals surface area contributed by atoms with E-state index >= 15 is 0 Å². The van der Waals surface area contributed by atoms with E-state index in [0.717, 1.165) is 30.7 Å². The third-order valence-corrected chi connectivity index (χ3v) is 3.95. The summed E-state index contributed by atoms with van der Waals surface area (Å²) in [6.45, 7) is 8.32. The third kappa shape index (κ3) is 4.26. The molecule has 0 spiro atoms. The van der Waals surface area contributed by atoms with Crippen molar-refractivity contribution in [3.8, 4) is 5.88 Å². The van der Waals surface area contributed by atoms with Gasteiger partial charge < -0.3 is 15.4 Å². The number of nitrogen functional groups attached to an aromatic ring is 1. The zero-order chi connectivity index (χ0) is 15.0. The molecule has 116 valence electrons. The van der Waals surface area contributed by atoms with Crippen molar-refractivity contribution in [2.24, 2.45) is 11.8 Å². The van der Waals surface area contributed by atoms with E-state index in [1.807, 2.05) is 32.9 Å². The molecule has 21 heavy (non-hydrogen) atoms. The van der Waals surface area contributed by atoms with E-state index < -0.39 is 0 Å². The molecule has 1 aromatic heterocycles. The second-order valence-electron chi connectivity index (χ2n) is 7.57. The van der Waals surface area contributed by atoms with Crippen molar-refractivity contribution in [3.05, 3.63) is 12.1 Å². The van der Waals surface area contributed by atoms with Gasteiger partial charge in [-0.05, 0) is 70.4 Å². The predicted molar refractivity (Wildman–Crippen MR) is 86.7 cm³/mol. The van der Waals surface area contributed by atoms with Gasteiger partial charge in [-0.2, -0.15) is 4.98 Å². The standard InChI is InChI=1S/C17H27N3O/c1-17(2,3)21-16-14(18)8-9-15(19-16)20(10-12-4-5-12)11-13-6-7-13/h8-9,12-13H,4-7,10-11,18H2,1-3H3. The van der Waals surface area contributed by atoms with Crippen molar-refractivity contribution >= 4 is 11.5 Å². The first kappa shape index (κ1) is 14.5. The van der Waals surface area contributed by atoms with E-state index in [2.05, 4.69) is 4.90 Å². The number of ether oxygens (including phenoxy) is 1. The van der Waals surface area contributed by atoms with Gasteiger partial charge in [-0.3, -0.25) is 0 Å². The number of nitrogens with two attached hydrogens (primary N) is 1. The average molecular weight is 289 g/mol. The summed E-state index contributed by atoms with van der Waals surface area (Å²) in [5, 5.41) is 0. The summed E-state index contributed by atoms with van der Waals surface area (Å²) in [5.41, 5.74) is 6.35. The first-order valence-corrected chi connectivity index (χ1v) is 8.11. The van der Waals surface area contributed by atoms with Crippen LogP contribution in [0.5, 0.6) is 5.88 Å². The second kappa shape index (κ2) is 5.39. The molecular weight excluding hydrogens is 262 g/mol. The van der Waals surface area contributed by atoms with Gasteiger partial charge in [0.05, 0.1) is 5.69 Å². The Kier molecular flexibility index (Phi) is 3.72. The molecule has 2 fully saturated rings. The molecule has 1 heterocycles. The van der Waals surface area contributed by atoms with Gasteiger partial charge in [0.15, 0.2) is 0 Å². The molecule has 0 aliphatic heterocycles. The highest BCUT2D eigenvalue weighted by molar-refractivity contribution is 5.55. The van der Waals surface area contributed by atoms with Crippen LogP contribution in [-0.4, -0.2) is 23.7 Å². The number of hydrogen-bond acceptors (Lipinski definition) is 4. The largest absolute Gasteiger partial charge is 0.470 e. The monoisotopic (exact) mass is 289 g/mol. The summed E-state index contributed by atoms with van der Waals surface area (Å²) in [6.07, 6.45) is 5.45. The topological polar surface area (TPSA) is 51.4 Å². The molecular formula is C17H27N3O. The minimum Gasteiger partial charge on any atom is -0.470 e. The van der Waals surface area contributed by atoms with Crippen LogP contribution in [0.3, 0.4) is 0 Å². The lowest BCUT2D eigenvalue weighted by atomic mass is 10.2. The molecule has 4 heteroatoms. The van der Waals surface area contributed by atoms with Crippen LogP contribution in [0.2, 0.25) is 0 Å². The van der Waals surface area contributed by atoms with E-state index in [1.54, 1.807) is 0 Å². The van der Waals surface area contributed by atoms with Gasteiger partial charge in [-0.15, -0.1) is 0 Å². The predicted octanol–water partition coefficient (Wildman–Crippen LogP) is 3.47. The van der Waals surface area contributed by atoms with Gasteiger partial charge >= 0.3 is 0 Å². The fourth-order valence-electron chi connectivity index (χ4n) is 2.48. The Morgan fingerprint density at radius 3 is 2.19 bits per heavy atom. The summed E-state index contributed by atoms with van der Waals surface area (Å²) >= 11 is 0. The zero-order valence-electron chi connectivity index (χ0n) is 13.4. The van der Waals surface area contributed by atoms with E-state index in [4.69, 9.17) is 15.5 Å². The van der Waals surface area contributed by atoms with Crippen LogP contribution in [0.1, 0.15) is 46.5 Å². The second-order valence-corrected chi connectivity index (χ2v) is 7.57. The van der Waals surface area contributed by atoms with Crippen LogP contribution in [-0.2, 0) is 0 Å². The zero-order valence-corrected chi connectivity index (χ0v) is 13.4. The molecule has 0 bridgehead atoms. The van der Waals surface area contributed by atoms with E-state index in [0.29, 0.717) is 11.6 Å². The first-order chi connectivity index (χ1) is 9.90. The summed E-state index contributed by atoms with van der Waals surface area (Å²) in [7, 11) is 0. The molecule has 0 radical (unpaired) electrons. The SMILES string of the molecule is CC(C)(C)Oc1nc(N(CC2CC2)CC2CC2)ccc1N. The number of aromatic nitrogens is 1. The lowest BCUT2D eigenvalue weighted by Crippen LogP contribution is -2.30. The normalized spacial score (nSPS) is 18.6. The number of anilines is 2. The molecule has 0 saturated heterocycles. The van der Waals surface area contributed by atoms with Crippen LogP contribution in [0, 0.1) is 11.8 Å². The maximum Gasteiger partial charge on any atom is 0.239 e. The number of pyridine rings is 1. The van der Waals surface area contributed by atoms with E-state index in [-0.39, 0.29) is 5.60 Å². The molecule has 3 rings (SSSR count). The van der Waals surface area contributed by atoms with Crippen molar-refractivity contribution in [2.75, 3.05) is 23.7 Å². The maximum atomic E-state index is 6.02. The molecule has 0 unspecified atom stereocenters. The molecule has 2 aliphatic rings. The molecule has 2 saturated carbocycles. The molecule has 0 aromatic carbocycles. The van der Waals surface area contributed by atoms with Gasteiger partial charge in [0.25, 0.3) is 0 Å². The fourth-order valence-corrected chi connectivity index (χ4v) is 2.48. The molecule has 1 aromatic rings. The smallest absolute Gasteiger partial charge is 0.239 e. The first-order valence-electron chi connectivity index (χ1n) is 8.11. The number of hydrogen-bond donors (Lipinski definition) is 1. The Balaban J connectivity index is 1.78. The molecule has 0 amide bonds. The third-order valence-electron chi connectivity index (χ3n) is 3.95. The van der Waals surface area contributed by atoms with Gasteiger partial charge in [0.1, 0.15) is 11.4 Å². The fraction of sp³-hybridized carbons (Fsp3) is 0.706. The quantitative estimate of drug-likeness (QED) is 0.871. The van der Waals surface area contributed by atoms with Crippen molar-refractivity contribution in [1.29, 1.82) is 0 Å². The van der Waals surface area contributed by atoms with Crippen molar-refractivity contribution < 1.29 is 4.74 Å². The van der Waals surface area contributed by atoms with Gasteiger partial charge in [0, 0.05) is 13.1 Å². The van der Waals surface area contributed by atoms with Gasteiger partial charge in [-0.25, -0.2) is 0 Å². The summed E-state index contributed by atoms with van der Waals surface area (Å²) in [6, 6.07) is 3.96. The van der Waals surface area contributed by atoms with Gasteiger partial charge in [-0.1, -0.05) is 0 Å². The highest BCUT2D eigenvalue weighted by atomic mass is 16.5. The van der Waals surface area contributed by atoms with Crippen LogP contribution in [0.25, 0.3) is 0 Å². The maximum absolute atomic E-state index is 6.02. The summed E-state index contributed by atoms with van der Waals surface area (Å²) in [5.74, 6) is 3.30. The van der Waals surface area contributed by atoms with E-state index in [9.17, 15) is 0 Å². The lowest BCUT2D eigenvalue weighted by Gasteiger charge is -2.26. The Morgan fingerprint density at radius 1 is 1.14 bits per heavy atom. The highest BCUT2D eigenvalue weighted by Crippen LogP contribution is 2.36. The molecule has 2 N–H and O–H groups in total. The summed E-state index contributed by atoms with van der Waals surface area (Å²) in [4.78, 5) is 7.13. The average Bonchev–Trinajstić information content (AvgIpc) is 3.24. The Labute approximate surface area is 127 Å². The van der Waals surface area contributed by atoms with Crippen LogP contribution in [0.15, 0.2) is 12.1 Å². The Bertz CT molecular complexity index is 487. The summed E-state index contributed by atoms with van der Waals surface area (Å²) < 4.78 is 5.90. The minimum absolute atomic E-state index is 0.280. The number of nitrogens with zero attached hydrogens (tertiary/aromatic N) is 2. The lowest BCUT2D eigenvalue weighted by molar-refractivity contribution is 0.125. The Hall–Kier alpha value is -1.45. The van der Waals surface area contributed by atoms with Crippen LogP contribution < -0.4 is 15.4 Å². The Morgan fingerprint density at radius 2 is 1.71 bits per heavy atom. The van der Waals surface area contributed by atoms with Gasteiger partial charge in [0.2, 0.25) is 5.88 Å². The molecule has 0 atom stereocenters. The molecule has 2 aliphatic carbocycles. The minimum atomic E-state index is -0.280. The number of rotatable bonds is 6. The van der Waals surface area contributed by atoms with Crippen molar-refractivity contribution in [1.82, 2.24) is 4.98 Å². The highest BCUT2D eigenvalue weighted by Gasteiger charge is 2.30. The molecule has 4 nitrogen and oxygen atoms in total. The van der Waals surface area contributed by atoms with E-state index in [1.165, 1.54) is 25.7 Å². The van der Waals surface area contributed by atoms with Crippen molar-refractivity contribution in [2.45, 2.75) is 52.1 Å². The van der Waals surface area contributed by atoms with Crippen LogP contribution in [0.4, 0.5) is 11.5 Å². The van der Waals surface area contributed by atoms with Crippen molar-refractivity contribution in [3.63, 3.8) is 0 Å².